The maximum atomic E-state index is 14.2. The first-order chi connectivity index (χ1) is 16.5. The summed E-state index contributed by atoms with van der Waals surface area (Å²) in [5.41, 5.74) is 3.98. The number of hydrogen-bond acceptors (Lipinski definition) is 2. The number of anilines is 1. The van der Waals surface area contributed by atoms with E-state index >= 15 is 0 Å². The number of pyridine rings is 1. The Morgan fingerprint density at radius 3 is 2.38 bits per heavy atom. The molecule has 4 aromatic rings. The number of carbonyl (C=O) groups is 1. The molecule has 1 amide bonds. The third-order valence-electron chi connectivity index (χ3n) is 7.90. The standard InChI is InChI=1S/C29H24Br2N2O/c30-22-10-6-18(7-11-22)25-20-14-15-29(17-20,21-8-12-23(31)13-9-21)26(25)28(34)33-24-5-1-3-19-4-2-16-32-27(19)24/h1-13,16,20,25-26H,14-15,17H2,(H,33,34). The van der Waals surface area contributed by atoms with Gasteiger partial charge in [0.05, 0.1) is 17.1 Å². The van der Waals surface area contributed by atoms with Gasteiger partial charge in [0.2, 0.25) is 5.91 Å². The minimum Gasteiger partial charge on any atom is -0.324 e. The van der Waals surface area contributed by atoms with Crippen LogP contribution >= 0.6 is 31.9 Å². The Bertz CT molecular complexity index is 1360. The molecule has 0 spiro atoms. The van der Waals surface area contributed by atoms with E-state index in [0.29, 0.717) is 5.92 Å². The lowest BCUT2D eigenvalue weighted by atomic mass is 9.65. The lowest BCUT2D eigenvalue weighted by Crippen LogP contribution is -2.42. The fourth-order valence-corrected chi connectivity index (χ4v) is 7.05. The number of amides is 1. The molecule has 5 heteroatoms. The van der Waals surface area contributed by atoms with Gasteiger partial charge in [0, 0.05) is 25.9 Å². The van der Waals surface area contributed by atoms with Crippen molar-refractivity contribution in [3.8, 4) is 0 Å². The minimum atomic E-state index is -0.162. The quantitative estimate of drug-likeness (QED) is 0.269. The van der Waals surface area contributed by atoms with Crippen molar-refractivity contribution in [1.29, 1.82) is 0 Å². The van der Waals surface area contributed by atoms with Gasteiger partial charge >= 0.3 is 0 Å². The number of rotatable bonds is 4. The van der Waals surface area contributed by atoms with Crippen LogP contribution in [-0.4, -0.2) is 10.9 Å². The Kier molecular flexibility index (Phi) is 5.57. The van der Waals surface area contributed by atoms with Crippen LogP contribution in [0.1, 0.15) is 36.3 Å². The van der Waals surface area contributed by atoms with Crippen molar-refractivity contribution in [2.75, 3.05) is 5.32 Å². The molecule has 2 saturated carbocycles. The predicted octanol–water partition coefficient (Wildman–Crippen LogP) is 7.85. The number of benzene rings is 3. The summed E-state index contributed by atoms with van der Waals surface area (Å²) in [5.74, 6) is 0.628. The summed E-state index contributed by atoms with van der Waals surface area (Å²) < 4.78 is 2.12. The normalized spacial score (nSPS) is 25.5. The van der Waals surface area contributed by atoms with Crippen molar-refractivity contribution in [2.24, 2.45) is 11.8 Å². The lowest BCUT2D eigenvalue weighted by Gasteiger charge is -2.39. The smallest absolute Gasteiger partial charge is 0.229 e. The van der Waals surface area contributed by atoms with Crippen LogP contribution in [0, 0.1) is 11.8 Å². The van der Waals surface area contributed by atoms with E-state index in [1.54, 1.807) is 6.20 Å². The van der Waals surface area contributed by atoms with Crippen LogP contribution in [0.5, 0.6) is 0 Å². The average molecular weight is 576 g/mol. The largest absolute Gasteiger partial charge is 0.324 e. The van der Waals surface area contributed by atoms with E-state index in [1.165, 1.54) is 11.1 Å². The summed E-state index contributed by atoms with van der Waals surface area (Å²) in [6.07, 6.45) is 5.01. The van der Waals surface area contributed by atoms with Gasteiger partial charge in [-0.05, 0) is 78.6 Å². The Labute approximate surface area is 216 Å². The van der Waals surface area contributed by atoms with E-state index < -0.39 is 0 Å². The molecule has 1 aromatic heterocycles. The molecule has 0 aliphatic heterocycles. The maximum absolute atomic E-state index is 14.2. The lowest BCUT2D eigenvalue weighted by molar-refractivity contribution is -0.122. The topological polar surface area (TPSA) is 42.0 Å². The van der Waals surface area contributed by atoms with Gasteiger partial charge in [-0.25, -0.2) is 0 Å². The Morgan fingerprint density at radius 1 is 0.912 bits per heavy atom. The van der Waals surface area contributed by atoms with Gasteiger partial charge in [0.15, 0.2) is 0 Å². The van der Waals surface area contributed by atoms with Gasteiger partial charge in [-0.2, -0.15) is 0 Å². The number of fused-ring (bicyclic) bond motifs is 3. The highest BCUT2D eigenvalue weighted by Crippen LogP contribution is 2.65. The van der Waals surface area contributed by atoms with Crippen LogP contribution in [0.25, 0.3) is 10.9 Å². The Hall–Kier alpha value is -2.50. The van der Waals surface area contributed by atoms with E-state index in [-0.39, 0.29) is 23.2 Å². The third kappa shape index (κ3) is 3.61. The van der Waals surface area contributed by atoms with E-state index in [9.17, 15) is 4.79 Å². The van der Waals surface area contributed by atoms with E-state index in [2.05, 4.69) is 90.7 Å². The highest BCUT2D eigenvalue weighted by Gasteiger charge is 2.61. The van der Waals surface area contributed by atoms with E-state index in [1.807, 2.05) is 30.3 Å². The molecule has 0 saturated heterocycles. The minimum absolute atomic E-state index is 0.0937. The summed E-state index contributed by atoms with van der Waals surface area (Å²) >= 11 is 7.15. The zero-order chi connectivity index (χ0) is 23.3. The molecule has 1 heterocycles. The fraction of sp³-hybridized carbons (Fsp3) is 0.241. The van der Waals surface area contributed by atoms with Crippen LogP contribution in [0.2, 0.25) is 0 Å². The first-order valence-corrected chi connectivity index (χ1v) is 13.3. The number of para-hydroxylation sites is 1. The van der Waals surface area contributed by atoms with E-state index in [0.717, 1.165) is 44.8 Å². The van der Waals surface area contributed by atoms with Crippen molar-refractivity contribution in [3.05, 3.63) is 105 Å². The van der Waals surface area contributed by atoms with Crippen molar-refractivity contribution in [3.63, 3.8) is 0 Å². The average Bonchev–Trinajstić information content (AvgIpc) is 3.43. The Morgan fingerprint density at radius 2 is 1.62 bits per heavy atom. The number of aromatic nitrogens is 1. The molecule has 2 bridgehead atoms. The molecule has 2 aliphatic carbocycles. The second kappa shape index (κ2) is 8.62. The molecule has 3 aromatic carbocycles. The number of carbonyl (C=O) groups excluding carboxylic acids is 1. The summed E-state index contributed by atoms with van der Waals surface area (Å²) in [5, 5.41) is 4.34. The van der Waals surface area contributed by atoms with Gasteiger partial charge < -0.3 is 5.32 Å². The molecular weight excluding hydrogens is 552 g/mol. The monoisotopic (exact) mass is 574 g/mol. The molecule has 6 rings (SSSR count). The molecule has 0 radical (unpaired) electrons. The molecular formula is C29H24Br2N2O. The molecule has 3 nitrogen and oxygen atoms in total. The van der Waals surface area contributed by atoms with Gasteiger partial charge in [0.25, 0.3) is 0 Å². The molecule has 4 atom stereocenters. The summed E-state index contributed by atoms with van der Waals surface area (Å²) in [6, 6.07) is 27.1. The molecule has 1 N–H and O–H groups in total. The predicted molar refractivity (Wildman–Crippen MR) is 144 cm³/mol. The fourth-order valence-electron chi connectivity index (χ4n) is 6.52. The van der Waals surface area contributed by atoms with Crippen molar-refractivity contribution < 1.29 is 4.79 Å². The molecule has 34 heavy (non-hydrogen) atoms. The maximum Gasteiger partial charge on any atom is 0.229 e. The third-order valence-corrected chi connectivity index (χ3v) is 8.95. The second-order valence-electron chi connectivity index (χ2n) is 9.59. The van der Waals surface area contributed by atoms with Crippen LogP contribution in [0.4, 0.5) is 5.69 Å². The second-order valence-corrected chi connectivity index (χ2v) is 11.4. The summed E-state index contributed by atoms with van der Waals surface area (Å²) in [6.45, 7) is 0. The van der Waals surface area contributed by atoms with Crippen molar-refractivity contribution in [2.45, 2.75) is 30.6 Å². The number of hydrogen-bond donors (Lipinski definition) is 1. The molecule has 2 fully saturated rings. The van der Waals surface area contributed by atoms with Crippen LogP contribution < -0.4 is 5.32 Å². The SMILES string of the molecule is O=C(Nc1cccc2cccnc12)C1C(c2ccc(Br)cc2)C2CCC1(c1ccc(Br)cc1)C2. The highest BCUT2D eigenvalue weighted by atomic mass is 79.9. The van der Waals surface area contributed by atoms with Crippen LogP contribution in [0.15, 0.2) is 94.0 Å². The van der Waals surface area contributed by atoms with Crippen molar-refractivity contribution in [1.82, 2.24) is 4.98 Å². The number of nitrogens with zero attached hydrogens (tertiary/aromatic N) is 1. The molecule has 4 unspecified atom stereocenters. The Balaban J connectivity index is 1.45. The first kappa shape index (κ1) is 22.0. The van der Waals surface area contributed by atoms with Crippen molar-refractivity contribution >= 4 is 54.4 Å². The van der Waals surface area contributed by atoms with E-state index in [4.69, 9.17) is 0 Å². The zero-order valence-electron chi connectivity index (χ0n) is 18.5. The van der Waals surface area contributed by atoms with Gasteiger partial charge in [0.1, 0.15) is 0 Å². The highest BCUT2D eigenvalue weighted by molar-refractivity contribution is 9.10. The van der Waals surface area contributed by atoms with Gasteiger partial charge in [-0.3, -0.25) is 9.78 Å². The van der Waals surface area contributed by atoms with Crippen LogP contribution in [0.3, 0.4) is 0 Å². The van der Waals surface area contributed by atoms with Gasteiger partial charge in [-0.15, -0.1) is 0 Å². The molecule has 2 aliphatic rings. The number of halogens is 2. The summed E-state index contributed by atoms with van der Waals surface area (Å²) in [4.78, 5) is 18.7. The van der Waals surface area contributed by atoms with Crippen LogP contribution in [-0.2, 0) is 10.2 Å². The molecule has 170 valence electrons. The zero-order valence-corrected chi connectivity index (χ0v) is 21.7. The van der Waals surface area contributed by atoms with Gasteiger partial charge in [-0.1, -0.05) is 74.3 Å². The summed E-state index contributed by atoms with van der Waals surface area (Å²) in [7, 11) is 0. The number of nitrogens with one attached hydrogen (secondary N) is 1. The first-order valence-electron chi connectivity index (χ1n) is 11.7.